The molecule has 0 unspecified atom stereocenters. The number of halogens is 1. The lowest BCUT2D eigenvalue weighted by molar-refractivity contribution is -0.384. The molecule has 0 aliphatic heterocycles. The quantitative estimate of drug-likeness (QED) is 0.235. The molecule has 13 heteroatoms. The number of carbonyl (C=O) groups excluding carboxylic acids is 2. The first-order chi connectivity index (χ1) is 17.8. The van der Waals surface area contributed by atoms with Gasteiger partial charge in [0.25, 0.3) is 5.69 Å². The Morgan fingerprint density at radius 3 is 2.54 bits per heavy atom. The first kappa shape index (κ1) is 25.5. The summed E-state index contributed by atoms with van der Waals surface area (Å²) in [5.41, 5.74) is -0.00698. The Morgan fingerprint density at radius 2 is 1.86 bits per heavy atom. The molecule has 1 aromatic heterocycles. The number of nitrogens with one attached hydrogen (secondary N) is 2. The maximum Gasteiger partial charge on any atom is 0.320 e. The SMILES string of the molecule is CCOC(=O)C1CCC(Oc2ccc(NC(=O)c3nnc(Nc4ccc(F)cc4)o3)c([N+](=O)[O-])c2)CC1. The molecule has 2 N–H and O–H groups in total. The molecule has 1 saturated carbocycles. The second-order valence-corrected chi connectivity index (χ2v) is 8.28. The van der Waals surface area contributed by atoms with Gasteiger partial charge in [-0.2, -0.15) is 0 Å². The predicted molar refractivity (Wildman–Crippen MR) is 128 cm³/mol. The van der Waals surface area contributed by atoms with E-state index >= 15 is 0 Å². The molecule has 1 amide bonds. The van der Waals surface area contributed by atoms with Crippen molar-refractivity contribution in [3.63, 3.8) is 0 Å². The lowest BCUT2D eigenvalue weighted by atomic mass is 9.87. The van der Waals surface area contributed by atoms with Crippen LogP contribution in [-0.4, -0.2) is 39.7 Å². The molecule has 2 aromatic carbocycles. The van der Waals surface area contributed by atoms with Crippen molar-refractivity contribution in [3.05, 3.63) is 64.3 Å². The highest BCUT2D eigenvalue weighted by Gasteiger charge is 2.29. The molecule has 194 valence electrons. The molecule has 0 atom stereocenters. The monoisotopic (exact) mass is 513 g/mol. The second kappa shape index (κ2) is 11.5. The van der Waals surface area contributed by atoms with Crippen LogP contribution in [0.15, 0.2) is 46.9 Å². The number of benzene rings is 2. The van der Waals surface area contributed by atoms with Crippen molar-refractivity contribution in [1.82, 2.24) is 10.2 Å². The van der Waals surface area contributed by atoms with Gasteiger partial charge >= 0.3 is 23.8 Å². The Morgan fingerprint density at radius 1 is 1.14 bits per heavy atom. The van der Waals surface area contributed by atoms with Crippen LogP contribution < -0.4 is 15.4 Å². The summed E-state index contributed by atoms with van der Waals surface area (Å²) in [7, 11) is 0. The summed E-state index contributed by atoms with van der Waals surface area (Å²) in [6.45, 7) is 2.10. The molecular weight excluding hydrogens is 489 g/mol. The van der Waals surface area contributed by atoms with E-state index in [0.29, 0.717) is 38.0 Å². The van der Waals surface area contributed by atoms with Gasteiger partial charge < -0.3 is 24.5 Å². The summed E-state index contributed by atoms with van der Waals surface area (Å²) in [5.74, 6) is -1.81. The number of hydrogen-bond acceptors (Lipinski definition) is 10. The number of nitro groups is 1. The minimum atomic E-state index is -0.853. The van der Waals surface area contributed by atoms with Gasteiger partial charge in [0.2, 0.25) is 0 Å². The van der Waals surface area contributed by atoms with E-state index in [9.17, 15) is 24.1 Å². The van der Waals surface area contributed by atoms with E-state index in [2.05, 4.69) is 20.8 Å². The number of aromatic nitrogens is 2. The highest BCUT2D eigenvalue weighted by Crippen LogP contribution is 2.33. The van der Waals surface area contributed by atoms with Gasteiger partial charge in [0.1, 0.15) is 17.3 Å². The average molecular weight is 513 g/mol. The number of carbonyl (C=O) groups is 2. The van der Waals surface area contributed by atoms with Crippen molar-refractivity contribution in [2.45, 2.75) is 38.7 Å². The van der Waals surface area contributed by atoms with E-state index in [0.717, 1.165) is 0 Å². The van der Waals surface area contributed by atoms with Crippen LogP contribution in [0, 0.1) is 21.8 Å². The zero-order valence-electron chi connectivity index (χ0n) is 19.8. The van der Waals surface area contributed by atoms with Crippen LogP contribution in [0.3, 0.4) is 0 Å². The predicted octanol–water partition coefficient (Wildman–Crippen LogP) is 4.61. The molecule has 1 aliphatic rings. The Balaban J connectivity index is 1.38. The van der Waals surface area contributed by atoms with Gasteiger partial charge in [-0.25, -0.2) is 4.39 Å². The Hall–Kier alpha value is -4.55. The molecule has 4 rings (SSSR count). The minimum Gasteiger partial charge on any atom is -0.490 e. The normalized spacial score (nSPS) is 17.0. The number of amides is 1. The Labute approximate surface area is 210 Å². The molecule has 1 fully saturated rings. The number of nitro benzene ring substituents is 1. The number of esters is 1. The number of hydrogen-bond donors (Lipinski definition) is 2. The van der Waals surface area contributed by atoms with Crippen LogP contribution in [0.2, 0.25) is 0 Å². The van der Waals surface area contributed by atoms with Crippen molar-refractivity contribution in [2.24, 2.45) is 5.92 Å². The van der Waals surface area contributed by atoms with Gasteiger partial charge in [0.15, 0.2) is 0 Å². The highest BCUT2D eigenvalue weighted by atomic mass is 19.1. The maximum atomic E-state index is 13.0. The van der Waals surface area contributed by atoms with Crippen LogP contribution >= 0.6 is 0 Å². The van der Waals surface area contributed by atoms with Crippen LogP contribution in [0.5, 0.6) is 5.75 Å². The molecule has 0 saturated heterocycles. The lowest BCUT2D eigenvalue weighted by Crippen LogP contribution is -2.29. The Kier molecular flexibility index (Phi) is 7.91. The average Bonchev–Trinajstić information content (AvgIpc) is 3.35. The molecule has 0 spiro atoms. The van der Waals surface area contributed by atoms with Gasteiger partial charge in [-0.3, -0.25) is 19.7 Å². The van der Waals surface area contributed by atoms with Gasteiger partial charge in [-0.15, -0.1) is 5.10 Å². The fraction of sp³-hybridized carbons (Fsp3) is 0.333. The zero-order chi connectivity index (χ0) is 26.4. The third-order valence-corrected chi connectivity index (χ3v) is 5.73. The fourth-order valence-electron chi connectivity index (χ4n) is 3.91. The van der Waals surface area contributed by atoms with Gasteiger partial charge in [-0.1, -0.05) is 5.10 Å². The number of anilines is 3. The van der Waals surface area contributed by atoms with Crippen molar-refractivity contribution in [2.75, 3.05) is 17.2 Å². The van der Waals surface area contributed by atoms with E-state index < -0.39 is 22.5 Å². The van der Waals surface area contributed by atoms with Crippen molar-refractivity contribution >= 4 is 35.0 Å². The van der Waals surface area contributed by atoms with Crippen molar-refractivity contribution in [3.8, 4) is 5.75 Å². The fourth-order valence-corrected chi connectivity index (χ4v) is 3.91. The van der Waals surface area contributed by atoms with E-state index in [1.807, 2.05) is 0 Å². The van der Waals surface area contributed by atoms with Gasteiger partial charge in [-0.05, 0) is 69.0 Å². The zero-order valence-corrected chi connectivity index (χ0v) is 19.8. The Bertz CT molecular complexity index is 1270. The molecular formula is C24H24FN5O7. The number of nitrogens with zero attached hydrogens (tertiary/aromatic N) is 3. The molecule has 0 radical (unpaired) electrons. The first-order valence-electron chi connectivity index (χ1n) is 11.6. The van der Waals surface area contributed by atoms with Crippen LogP contribution in [0.4, 0.5) is 27.5 Å². The second-order valence-electron chi connectivity index (χ2n) is 8.28. The molecule has 0 bridgehead atoms. The topological polar surface area (TPSA) is 159 Å². The third kappa shape index (κ3) is 6.57. The molecule has 12 nitrogen and oxygen atoms in total. The largest absolute Gasteiger partial charge is 0.490 e. The summed E-state index contributed by atoms with van der Waals surface area (Å²) in [5, 5.41) is 24.1. The summed E-state index contributed by atoms with van der Waals surface area (Å²) in [4.78, 5) is 35.5. The van der Waals surface area contributed by atoms with E-state index in [1.54, 1.807) is 6.92 Å². The summed E-state index contributed by atoms with van der Waals surface area (Å²) >= 11 is 0. The number of ether oxygens (including phenoxy) is 2. The maximum absolute atomic E-state index is 13.0. The van der Waals surface area contributed by atoms with Gasteiger partial charge in [0.05, 0.1) is 29.6 Å². The highest BCUT2D eigenvalue weighted by molar-refractivity contribution is 6.02. The van der Waals surface area contributed by atoms with Crippen LogP contribution in [-0.2, 0) is 9.53 Å². The minimum absolute atomic E-state index is 0.0837. The number of rotatable bonds is 9. The molecule has 1 heterocycles. The third-order valence-electron chi connectivity index (χ3n) is 5.73. The lowest BCUT2D eigenvalue weighted by Gasteiger charge is -2.27. The molecule has 37 heavy (non-hydrogen) atoms. The van der Waals surface area contributed by atoms with E-state index in [-0.39, 0.29) is 41.1 Å². The van der Waals surface area contributed by atoms with E-state index in [1.165, 1.54) is 42.5 Å². The van der Waals surface area contributed by atoms with E-state index in [4.69, 9.17) is 13.9 Å². The summed E-state index contributed by atoms with van der Waals surface area (Å²) in [6.07, 6.45) is 2.25. The molecule has 3 aromatic rings. The van der Waals surface area contributed by atoms with Crippen LogP contribution in [0.25, 0.3) is 0 Å². The van der Waals surface area contributed by atoms with Crippen molar-refractivity contribution < 1.29 is 32.8 Å². The van der Waals surface area contributed by atoms with Crippen molar-refractivity contribution in [1.29, 1.82) is 0 Å². The van der Waals surface area contributed by atoms with Gasteiger partial charge in [0, 0.05) is 5.69 Å². The van der Waals surface area contributed by atoms with Crippen LogP contribution in [0.1, 0.15) is 43.3 Å². The standard InChI is InChI=1S/C24H24FN5O7/c1-2-35-23(32)14-3-9-17(10-4-14)36-18-11-12-19(20(13-18)30(33)34)27-21(31)22-28-29-24(37-22)26-16-7-5-15(25)6-8-16/h5-8,11-14,17H,2-4,9-10H2,1H3,(H,26,29)(H,27,31). The summed E-state index contributed by atoms with van der Waals surface area (Å²) in [6, 6.07) is 9.31. The summed E-state index contributed by atoms with van der Waals surface area (Å²) < 4.78 is 29.3. The smallest absolute Gasteiger partial charge is 0.320 e. The molecule has 1 aliphatic carbocycles. The first-order valence-corrected chi connectivity index (χ1v) is 11.6.